The van der Waals surface area contributed by atoms with Crippen LogP contribution in [0.25, 0.3) is 0 Å². The fourth-order valence-electron chi connectivity index (χ4n) is 0. The summed E-state index contributed by atoms with van der Waals surface area (Å²) in [7, 11) is 0. The standard InChI is InChI=1S/3C3H7.H2O.Zr/c3*1-3-2;;/h3*1,3H2,2H3;1H2;/q3*-1;;+3. The van der Waals surface area contributed by atoms with E-state index in [1.54, 1.807) is 0 Å². The zero-order valence-corrected chi connectivity index (χ0v) is 10.7. The van der Waals surface area contributed by atoms with Crippen molar-refractivity contribution in [2.45, 2.75) is 40.0 Å². The normalized spacial score (nSPS) is 4.91. The molecule has 11 heavy (non-hydrogen) atoms. The summed E-state index contributed by atoms with van der Waals surface area (Å²) in [6, 6.07) is 0. The molecule has 1 radical (unpaired) electrons. The van der Waals surface area contributed by atoms with Gasteiger partial charge in [0.25, 0.3) is 0 Å². The Hall–Kier alpha value is 0.843. The molecule has 0 unspecified atom stereocenters. The molecule has 0 aromatic carbocycles. The van der Waals surface area contributed by atoms with E-state index in [0.717, 1.165) is 19.3 Å². The fourth-order valence-corrected chi connectivity index (χ4v) is 0. The van der Waals surface area contributed by atoms with Gasteiger partial charge in [-0.05, 0) is 0 Å². The molecule has 0 aromatic rings. The van der Waals surface area contributed by atoms with Crippen LogP contribution < -0.4 is 0 Å². The van der Waals surface area contributed by atoms with E-state index < -0.39 is 0 Å². The maximum atomic E-state index is 3.49. The van der Waals surface area contributed by atoms with Gasteiger partial charge in [0, 0.05) is 0 Å². The molecule has 0 atom stereocenters. The van der Waals surface area contributed by atoms with Crippen molar-refractivity contribution in [3.8, 4) is 0 Å². The van der Waals surface area contributed by atoms with Gasteiger partial charge in [0.1, 0.15) is 0 Å². The largest absolute Gasteiger partial charge is 3.00 e. The topological polar surface area (TPSA) is 31.5 Å². The van der Waals surface area contributed by atoms with E-state index in [0.29, 0.717) is 0 Å². The van der Waals surface area contributed by atoms with Crippen LogP contribution in [0.5, 0.6) is 0 Å². The molecule has 2 N–H and O–H groups in total. The minimum absolute atomic E-state index is 0. The van der Waals surface area contributed by atoms with Gasteiger partial charge < -0.3 is 26.2 Å². The Labute approximate surface area is 92.4 Å². The zero-order valence-electron chi connectivity index (χ0n) is 8.24. The van der Waals surface area contributed by atoms with Crippen LogP contribution in [0.15, 0.2) is 0 Å². The third-order valence-corrected chi connectivity index (χ3v) is 0. The maximum Gasteiger partial charge on any atom is 3.00 e. The van der Waals surface area contributed by atoms with Crippen molar-refractivity contribution >= 4 is 0 Å². The predicted molar refractivity (Wildman–Crippen MR) is 50.6 cm³/mol. The molecule has 2 heteroatoms. The summed E-state index contributed by atoms with van der Waals surface area (Å²) in [5.41, 5.74) is 0. The molecule has 0 rings (SSSR count). The third kappa shape index (κ3) is 1190. The minimum atomic E-state index is 0. The van der Waals surface area contributed by atoms with Gasteiger partial charge in [-0.2, -0.15) is 19.3 Å². The van der Waals surface area contributed by atoms with Gasteiger partial charge in [0.05, 0.1) is 0 Å². The first kappa shape index (κ1) is 29.7. The van der Waals surface area contributed by atoms with Crippen molar-refractivity contribution in [2.75, 3.05) is 0 Å². The quantitative estimate of drug-likeness (QED) is 0.581. The van der Waals surface area contributed by atoms with Crippen molar-refractivity contribution < 1.29 is 31.7 Å². The summed E-state index contributed by atoms with van der Waals surface area (Å²) >= 11 is 0. The van der Waals surface area contributed by atoms with E-state index in [4.69, 9.17) is 0 Å². The molecule has 0 aliphatic heterocycles. The van der Waals surface area contributed by atoms with Gasteiger partial charge in [-0.1, -0.05) is 20.8 Å². The van der Waals surface area contributed by atoms with Crippen LogP contribution in [0.3, 0.4) is 0 Å². The number of rotatable bonds is 0. The first-order chi connectivity index (χ1) is 4.24. The average Bonchev–Trinajstić information content (AvgIpc) is 1.70. The van der Waals surface area contributed by atoms with Gasteiger partial charge in [-0.25, -0.2) is 0 Å². The molecule has 0 aromatic heterocycles. The van der Waals surface area contributed by atoms with E-state index in [2.05, 4.69) is 20.8 Å². The monoisotopic (exact) mass is 237 g/mol. The second-order valence-corrected chi connectivity index (χ2v) is 1.50. The second-order valence-electron chi connectivity index (χ2n) is 1.50. The molecule has 0 amide bonds. The molecule has 0 bridgehead atoms. The molecule has 0 saturated carbocycles. The van der Waals surface area contributed by atoms with Crippen molar-refractivity contribution in [2.24, 2.45) is 0 Å². The van der Waals surface area contributed by atoms with E-state index in [9.17, 15) is 0 Å². The van der Waals surface area contributed by atoms with E-state index in [-0.39, 0.29) is 31.7 Å². The van der Waals surface area contributed by atoms with Crippen LogP contribution in [0, 0.1) is 20.8 Å². The molecule has 0 spiro atoms. The summed E-state index contributed by atoms with van der Waals surface area (Å²) < 4.78 is 0. The van der Waals surface area contributed by atoms with Crippen molar-refractivity contribution in [1.29, 1.82) is 0 Å². The zero-order chi connectivity index (χ0) is 8.12. The molecule has 0 fully saturated rings. The third-order valence-electron chi connectivity index (χ3n) is 0. The Kier molecular flexibility index (Phi) is 192. The second kappa shape index (κ2) is 71.1. The summed E-state index contributed by atoms with van der Waals surface area (Å²) in [5.74, 6) is 0. The first-order valence-corrected chi connectivity index (χ1v) is 3.62. The summed E-state index contributed by atoms with van der Waals surface area (Å²) in [6.07, 6.45) is 3.00. The smallest absolute Gasteiger partial charge is 0.412 e. The molecule has 0 aliphatic carbocycles. The number of hydrogen-bond acceptors (Lipinski definition) is 0. The maximum absolute atomic E-state index is 3.49. The van der Waals surface area contributed by atoms with Gasteiger partial charge in [-0.3, -0.25) is 0 Å². The molecule has 0 saturated heterocycles. The molecular weight excluding hydrogens is 215 g/mol. The van der Waals surface area contributed by atoms with Crippen molar-refractivity contribution in [3.63, 3.8) is 0 Å². The van der Waals surface area contributed by atoms with Crippen LogP contribution in [0.2, 0.25) is 0 Å². The van der Waals surface area contributed by atoms with Gasteiger partial charge in [0.2, 0.25) is 0 Å². The average molecular weight is 239 g/mol. The number of hydrogen-bond donors (Lipinski definition) is 0. The molecule has 0 heterocycles. The van der Waals surface area contributed by atoms with E-state index in [1.165, 1.54) is 0 Å². The van der Waals surface area contributed by atoms with Gasteiger partial charge in [0.15, 0.2) is 0 Å². The summed E-state index contributed by atoms with van der Waals surface area (Å²) in [4.78, 5) is 0. The van der Waals surface area contributed by atoms with Crippen LogP contribution in [-0.4, -0.2) is 5.48 Å². The Morgan fingerprint density at radius 1 is 0.727 bits per heavy atom. The van der Waals surface area contributed by atoms with Crippen LogP contribution >= 0.6 is 0 Å². The van der Waals surface area contributed by atoms with Gasteiger partial charge in [-0.15, -0.1) is 0 Å². The predicted octanol–water partition coefficient (Wildman–Crippen LogP) is 2.86. The van der Waals surface area contributed by atoms with Crippen molar-refractivity contribution in [3.05, 3.63) is 20.8 Å². The Morgan fingerprint density at radius 2 is 0.727 bits per heavy atom. The van der Waals surface area contributed by atoms with Crippen LogP contribution in [-0.2, 0) is 26.2 Å². The van der Waals surface area contributed by atoms with Crippen molar-refractivity contribution in [1.82, 2.24) is 0 Å². The molecule has 0 aliphatic rings. The van der Waals surface area contributed by atoms with Crippen LogP contribution in [0.4, 0.5) is 0 Å². The molecule has 1 nitrogen and oxygen atoms in total. The Morgan fingerprint density at radius 3 is 0.727 bits per heavy atom. The van der Waals surface area contributed by atoms with E-state index in [1.807, 2.05) is 20.8 Å². The Bertz CT molecular complexity index is 14.3. The van der Waals surface area contributed by atoms with Gasteiger partial charge >= 0.3 is 26.2 Å². The molecule has 69 valence electrons. The van der Waals surface area contributed by atoms with Crippen LogP contribution in [0.1, 0.15) is 40.0 Å². The first-order valence-electron chi connectivity index (χ1n) is 3.62. The SMILES string of the molecule is O.[CH2-]CC.[CH2-]CC.[CH2-]CC.[Zr+3]. The fraction of sp³-hybridized carbons (Fsp3) is 0.667. The summed E-state index contributed by atoms with van der Waals surface area (Å²) in [6.45, 7) is 16.5. The Balaban J connectivity index is -0.0000000150. The minimum Gasteiger partial charge on any atom is -0.412 e. The van der Waals surface area contributed by atoms with E-state index >= 15 is 0 Å². The molecular formula is C9H23OZr. The summed E-state index contributed by atoms with van der Waals surface area (Å²) in [5, 5.41) is 0.